The second kappa shape index (κ2) is 9.86. The summed E-state index contributed by atoms with van der Waals surface area (Å²) in [7, 11) is 0. The quantitative estimate of drug-likeness (QED) is 0.288. The zero-order chi connectivity index (χ0) is 26.9. The monoisotopic (exact) mass is 517 g/mol. The van der Waals surface area contributed by atoms with Crippen LogP contribution in [-0.2, 0) is 6.54 Å². The van der Waals surface area contributed by atoms with Crippen molar-refractivity contribution >= 4 is 33.6 Å². The Labute approximate surface area is 222 Å². The number of nitrogens with zero attached hydrogens (tertiary/aromatic N) is 4. The molecule has 0 fully saturated rings. The molecule has 0 aliphatic heterocycles. The number of hydrogen-bond donors (Lipinski definition) is 2. The Kier molecular flexibility index (Phi) is 6.08. The molecule has 0 aliphatic rings. The zero-order valence-electron chi connectivity index (χ0n) is 20.9. The Morgan fingerprint density at radius 3 is 2.49 bits per heavy atom. The van der Waals surface area contributed by atoms with E-state index in [9.17, 15) is 14.7 Å². The molecule has 2 heterocycles. The highest BCUT2D eigenvalue weighted by atomic mass is 16.6. The molecule has 9 nitrogen and oxygen atoms in total. The summed E-state index contributed by atoms with van der Waals surface area (Å²) in [6.45, 7) is 2.33. The van der Waals surface area contributed by atoms with Crippen LogP contribution in [0.25, 0.3) is 32.9 Å². The molecule has 9 heteroatoms. The molecule has 2 aromatic heterocycles. The second-order valence-electron chi connectivity index (χ2n) is 9.36. The standard InChI is InChI=1S/C30H23N5O4/c1-18(20-8-10-22(11-9-20)30(37)38)33-29(36)26-14-24(27-16-32-39-34-27)13-25-15-31-35(28(25)26)17-19-6-7-21-4-2-3-5-23(21)12-19/h2-16,18H,17H2,1H3,(H,33,36)(H,37,38)/t18-/m0/s1. The van der Waals surface area contributed by atoms with Crippen LogP contribution in [0.15, 0.2) is 95.9 Å². The van der Waals surface area contributed by atoms with E-state index in [1.807, 2.05) is 29.8 Å². The zero-order valence-corrected chi connectivity index (χ0v) is 20.9. The molecule has 0 bridgehead atoms. The molecule has 4 aromatic carbocycles. The predicted octanol–water partition coefficient (Wildman–Crippen LogP) is 5.48. The lowest BCUT2D eigenvalue weighted by Crippen LogP contribution is -2.27. The van der Waals surface area contributed by atoms with Crippen LogP contribution in [0.2, 0.25) is 0 Å². The minimum atomic E-state index is -1.00. The largest absolute Gasteiger partial charge is 0.478 e. The molecule has 0 saturated carbocycles. The van der Waals surface area contributed by atoms with Gasteiger partial charge in [-0.3, -0.25) is 9.48 Å². The SMILES string of the molecule is C[C@H](NC(=O)c1cc(-c2cnon2)cc2cnn(Cc3ccc4ccccc4c3)c12)c1ccc(C(=O)O)cc1. The van der Waals surface area contributed by atoms with E-state index in [0.29, 0.717) is 28.9 Å². The molecule has 0 spiro atoms. The molecule has 39 heavy (non-hydrogen) atoms. The molecule has 6 aromatic rings. The molecule has 0 unspecified atom stereocenters. The maximum absolute atomic E-state index is 13.7. The van der Waals surface area contributed by atoms with E-state index in [-0.39, 0.29) is 17.5 Å². The minimum Gasteiger partial charge on any atom is -0.478 e. The summed E-state index contributed by atoms with van der Waals surface area (Å²) in [6.07, 6.45) is 3.23. The number of rotatable bonds is 7. The smallest absolute Gasteiger partial charge is 0.335 e. The van der Waals surface area contributed by atoms with Gasteiger partial charge in [0.25, 0.3) is 5.91 Å². The average molecular weight is 518 g/mol. The first-order chi connectivity index (χ1) is 19.0. The number of nitrogens with one attached hydrogen (secondary N) is 1. The third-order valence-electron chi connectivity index (χ3n) is 6.79. The van der Waals surface area contributed by atoms with E-state index >= 15 is 0 Å². The Balaban J connectivity index is 1.38. The first kappa shape index (κ1) is 24.1. The molecule has 0 radical (unpaired) electrons. The van der Waals surface area contributed by atoms with Crippen molar-refractivity contribution in [3.05, 3.63) is 114 Å². The minimum absolute atomic E-state index is 0.186. The van der Waals surface area contributed by atoms with Gasteiger partial charge in [-0.15, -0.1) is 0 Å². The van der Waals surface area contributed by atoms with Gasteiger partial charge in [0.2, 0.25) is 0 Å². The highest BCUT2D eigenvalue weighted by molar-refractivity contribution is 6.07. The number of aromatic nitrogens is 4. The molecule has 6 rings (SSSR count). The summed E-state index contributed by atoms with van der Waals surface area (Å²) in [5.41, 5.74) is 4.33. The normalized spacial score (nSPS) is 12.0. The number of aromatic carboxylic acids is 1. The number of carboxylic acid groups (broad SMARTS) is 1. The third kappa shape index (κ3) is 4.73. The number of fused-ring (bicyclic) bond motifs is 2. The van der Waals surface area contributed by atoms with E-state index in [4.69, 9.17) is 4.63 Å². The average Bonchev–Trinajstić information content (AvgIpc) is 3.63. The molecule has 0 saturated heterocycles. The molecule has 2 N–H and O–H groups in total. The van der Waals surface area contributed by atoms with Gasteiger partial charge in [0, 0.05) is 10.9 Å². The van der Waals surface area contributed by atoms with Crippen molar-refractivity contribution in [3.8, 4) is 11.3 Å². The van der Waals surface area contributed by atoms with Gasteiger partial charge >= 0.3 is 5.97 Å². The van der Waals surface area contributed by atoms with Crippen molar-refractivity contribution < 1.29 is 19.3 Å². The van der Waals surface area contributed by atoms with Gasteiger partial charge in [-0.25, -0.2) is 9.42 Å². The fraction of sp³-hybridized carbons (Fsp3) is 0.100. The second-order valence-corrected chi connectivity index (χ2v) is 9.36. The van der Waals surface area contributed by atoms with E-state index in [1.54, 1.807) is 24.4 Å². The van der Waals surface area contributed by atoms with Crippen LogP contribution in [0.4, 0.5) is 0 Å². The molecule has 1 amide bonds. The number of hydrogen-bond acceptors (Lipinski definition) is 6. The van der Waals surface area contributed by atoms with Crippen LogP contribution < -0.4 is 5.32 Å². The van der Waals surface area contributed by atoms with E-state index in [0.717, 1.165) is 27.3 Å². The van der Waals surface area contributed by atoms with Crippen molar-refractivity contribution in [1.82, 2.24) is 25.4 Å². The van der Waals surface area contributed by atoms with Gasteiger partial charge in [0.05, 0.1) is 41.6 Å². The Morgan fingerprint density at radius 2 is 1.74 bits per heavy atom. The summed E-state index contributed by atoms with van der Waals surface area (Å²) in [5, 5.41) is 27.5. The summed E-state index contributed by atoms with van der Waals surface area (Å²) < 4.78 is 6.61. The lowest BCUT2D eigenvalue weighted by atomic mass is 10.0. The van der Waals surface area contributed by atoms with E-state index < -0.39 is 5.97 Å². The van der Waals surface area contributed by atoms with Crippen LogP contribution in [-0.4, -0.2) is 37.1 Å². The molecule has 1 atom stereocenters. The summed E-state index contributed by atoms with van der Waals surface area (Å²) in [4.78, 5) is 24.9. The topological polar surface area (TPSA) is 123 Å². The Hall–Kier alpha value is -5.31. The van der Waals surface area contributed by atoms with Crippen LogP contribution in [0.1, 0.15) is 44.8 Å². The maximum Gasteiger partial charge on any atom is 0.335 e. The number of carboxylic acids is 1. The van der Waals surface area contributed by atoms with Gasteiger partial charge in [-0.2, -0.15) is 5.10 Å². The van der Waals surface area contributed by atoms with Crippen molar-refractivity contribution in [2.75, 3.05) is 0 Å². The maximum atomic E-state index is 13.7. The molecular weight excluding hydrogens is 494 g/mol. The van der Waals surface area contributed by atoms with Crippen LogP contribution in [0.5, 0.6) is 0 Å². The summed E-state index contributed by atoms with van der Waals surface area (Å²) >= 11 is 0. The molecule has 192 valence electrons. The van der Waals surface area contributed by atoms with Gasteiger partial charge in [0.15, 0.2) is 0 Å². The van der Waals surface area contributed by atoms with Crippen molar-refractivity contribution in [3.63, 3.8) is 0 Å². The first-order valence-electron chi connectivity index (χ1n) is 12.4. The Morgan fingerprint density at radius 1 is 0.949 bits per heavy atom. The lowest BCUT2D eigenvalue weighted by Gasteiger charge is -2.16. The first-order valence-corrected chi connectivity index (χ1v) is 12.4. The number of carbonyl (C=O) groups excluding carboxylic acids is 1. The van der Waals surface area contributed by atoms with Crippen molar-refractivity contribution in [1.29, 1.82) is 0 Å². The molecule has 0 aliphatic carbocycles. The fourth-order valence-electron chi connectivity index (χ4n) is 4.75. The Bertz CT molecular complexity index is 1820. The highest BCUT2D eigenvalue weighted by Gasteiger charge is 2.20. The summed E-state index contributed by atoms with van der Waals surface area (Å²) in [6, 6.07) is 24.2. The van der Waals surface area contributed by atoms with Crippen LogP contribution in [0, 0.1) is 0 Å². The van der Waals surface area contributed by atoms with E-state index in [2.05, 4.69) is 51.1 Å². The number of carbonyl (C=O) groups is 2. The summed E-state index contributed by atoms with van der Waals surface area (Å²) in [5.74, 6) is -1.30. The third-order valence-corrected chi connectivity index (χ3v) is 6.79. The lowest BCUT2D eigenvalue weighted by molar-refractivity contribution is 0.0696. The van der Waals surface area contributed by atoms with Crippen LogP contribution in [0.3, 0.4) is 0 Å². The predicted molar refractivity (Wildman–Crippen MR) is 145 cm³/mol. The van der Waals surface area contributed by atoms with Crippen molar-refractivity contribution in [2.24, 2.45) is 0 Å². The van der Waals surface area contributed by atoms with Crippen LogP contribution >= 0.6 is 0 Å². The van der Waals surface area contributed by atoms with Gasteiger partial charge in [0.1, 0.15) is 5.69 Å². The molecular formula is C30H23N5O4. The van der Waals surface area contributed by atoms with Crippen molar-refractivity contribution in [2.45, 2.75) is 19.5 Å². The van der Waals surface area contributed by atoms with Gasteiger partial charge in [-0.1, -0.05) is 53.7 Å². The fourth-order valence-corrected chi connectivity index (χ4v) is 4.75. The van der Waals surface area contributed by atoms with E-state index in [1.165, 1.54) is 18.3 Å². The number of amides is 1. The highest BCUT2D eigenvalue weighted by Crippen LogP contribution is 2.28. The van der Waals surface area contributed by atoms with Gasteiger partial charge in [-0.05, 0) is 64.3 Å². The van der Waals surface area contributed by atoms with Gasteiger partial charge < -0.3 is 10.4 Å². The number of benzene rings is 4.